The lowest BCUT2D eigenvalue weighted by Gasteiger charge is -2.33. The van der Waals surface area contributed by atoms with Crippen LogP contribution >= 0.6 is 23.2 Å². The molecule has 0 fully saturated rings. The average molecular weight is 559 g/mol. The molecule has 0 radical (unpaired) electrons. The van der Waals surface area contributed by atoms with Crippen LogP contribution in [0.3, 0.4) is 0 Å². The van der Waals surface area contributed by atoms with Gasteiger partial charge >= 0.3 is 0 Å². The van der Waals surface area contributed by atoms with E-state index in [9.17, 15) is 28.1 Å². The highest BCUT2D eigenvalue weighted by Crippen LogP contribution is 2.28. The van der Waals surface area contributed by atoms with Crippen LogP contribution in [0.25, 0.3) is 0 Å². The molecule has 2 aromatic carbocycles. The zero-order chi connectivity index (χ0) is 27.4. The average Bonchev–Trinajstić information content (AvgIpc) is 2.74. The Kier molecular flexibility index (Phi) is 9.33. The number of nitrogens with one attached hydrogen (secondary N) is 1. The summed E-state index contributed by atoms with van der Waals surface area (Å²) in [7, 11) is -4.04. The van der Waals surface area contributed by atoms with Crippen LogP contribution in [0.15, 0.2) is 42.5 Å². The van der Waals surface area contributed by atoms with Crippen molar-refractivity contribution < 1.29 is 22.9 Å². The van der Waals surface area contributed by atoms with E-state index in [1.807, 2.05) is 0 Å². The molecule has 1 N–H and O–H groups in total. The number of hydrogen-bond acceptors (Lipinski definition) is 6. The summed E-state index contributed by atoms with van der Waals surface area (Å²) in [6.45, 7) is 5.95. The largest absolute Gasteiger partial charge is 0.350 e. The van der Waals surface area contributed by atoms with Crippen LogP contribution in [-0.2, 0) is 26.2 Å². The fourth-order valence-electron chi connectivity index (χ4n) is 3.29. The summed E-state index contributed by atoms with van der Waals surface area (Å²) in [5, 5.41) is 14.5. The normalized spacial score (nSPS) is 12.5. The first kappa shape index (κ1) is 29.3. The fraction of sp³-hybridized carbons (Fsp3) is 0.391. The molecule has 0 aliphatic carbocycles. The van der Waals surface area contributed by atoms with Crippen LogP contribution in [0.4, 0.5) is 11.4 Å². The van der Waals surface area contributed by atoms with Crippen molar-refractivity contribution >= 4 is 56.4 Å². The molecule has 0 heterocycles. The second-order valence-electron chi connectivity index (χ2n) is 9.18. The van der Waals surface area contributed by atoms with E-state index in [1.165, 1.54) is 30.0 Å². The van der Waals surface area contributed by atoms with E-state index >= 15 is 0 Å². The molecule has 0 spiro atoms. The molecule has 2 rings (SSSR count). The zero-order valence-corrected chi connectivity index (χ0v) is 22.8. The molecule has 196 valence electrons. The van der Waals surface area contributed by atoms with Crippen molar-refractivity contribution in [3.63, 3.8) is 0 Å². The highest BCUT2D eigenvalue weighted by atomic mass is 35.5. The van der Waals surface area contributed by atoms with E-state index in [4.69, 9.17) is 23.2 Å². The van der Waals surface area contributed by atoms with E-state index in [0.29, 0.717) is 5.56 Å². The maximum Gasteiger partial charge on any atom is 0.271 e. The lowest BCUT2D eigenvalue weighted by atomic mass is 10.1. The number of nitro benzene ring substituents is 1. The second kappa shape index (κ2) is 11.4. The van der Waals surface area contributed by atoms with Gasteiger partial charge in [0.2, 0.25) is 21.8 Å². The number of halogens is 2. The van der Waals surface area contributed by atoms with Gasteiger partial charge in [0.25, 0.3) is 5.69 Å². The van der Waals surface area contributed by atoms with Crippen molar-refractivity contribution in [3.05, 3.63) is 68.2 Å². The summed E-state index contributed by atoms with van der Waals surface area (Å²) >= 11 is 12.6. The maximum atomic E-state index is 13.6. The fourth-order valence-corrected chi connectivity index (χ4v) is 4.64. The monoisotopic (exact) mass is 558 g/mol. The van der Waals surface area contributed by atoms with Crippen LogP contribution in [0, 0.1) is 10.1 Å². The Bertz CT molecular complexity index is 1240. The van der Waals surface area contributed by atoms with Gasteiger partial charge in [0.15, 0.2) is 0 Å². The quantitative estimate of drug-likeness (QED) is 0.365. The number of nitrogens with zero attached hydrogens (tertiary/aromatic N) is 3. The lowest BCUT2D eigenvalue weighted by molar-refractivity contribution is -0.384. The molecule has 0 unspecified atom stereocenters. The first-order valence-corrected chi connectivity index (χ1v) is 13.4. The molecule has 1 atom stereocenters. The summed E-state index contributed by atoms with van der Waals surface area (Å²) in [5.41, 5.74) is -0.621. The second-order valence-corrected chi connectivity index (χ2v) is 11.9. The Labute approximate surface area is 220 Å². The van der Waals surface area contributed by atoms with Crippen LogP contribution in [0.1, 0.15) is 33.3 Å². The Morgan fingerprint density at radius 2 is 1.67 bits per heavy atom. The SMILES string of the molecule is C[C@H](C(=O)NC(C)(C)C)N(Cc1c(Cl)cccc1Cl)C(=O)CN(c1cccc([N+](=O)[O-])c1)S(C)(=O)=O. The lowest BCUT2D eigenvalue weighted by Crippen LogP contribution is -2.54. The van der Waals surface area contributed by atoms with Gasteiger partial charge in [-0.15, -0.1) is 0 Å². The number of sulfonamides is 1. The minimum absolute atomic E-state index is 0.0671. The number of amides is 2. The third-order valence-electron chi connectivity index (χ3n) is 5.06. The predicted octanol–water partition coefficient (Wildman–Crippen LogP) is 4.00. The highest BCUT2D eigenvalue weighted by Gasteiger charge is 2.32. The van der Waals surface area contributed by atoms with Gasteiger partial charge in [0, 0.05) is 39.8 Å². The van der Waals surface area contributed by atoms with Gasteiger partial charge in [0.1, 0.15) is 12.6 Å². The minimum Gasteiger partial charge on any atom is -0.350 e. The zero-order valence-electron chi connectivity index (χ0n) is 20.5. The molecule has 0 saturated heterocycles. The van der Waals surface area contributed by atoms with Crippen molar-refractivity contribution in [2.24, 2.45) is 0 Å². The van der Waals surface area contributed by atoms with Gasteiger partial charge in [-0.2, -0.15) is 0 Å². The summed E-state index contributed by atoms with van der Waals surface area (Å²) in [4.78, 5) is 38.2. The molecular formula is C23H28Cl2N4O6S. The summed E-state index contributed by atoms with van der Waals surface area (Å²) in [6, 6.07) is 8.67. The third-order valence-corrected chi connectivity index (χ3v) is 6.91. The standard InChI is InChI=1S/C23H28Cl2N4O6S/c1-15(22(31)26-23(2,3)4)27(13-18-19(24)10-7-11-20(18)25)21(30)14-28(36(5,34)35)16-8-6-9-17(12-16)29(32)33/h6-12,15H,13-14H2,1-5H3,(H,26,31)/t15-/m1/s1. The smallest absolute Gasteiger partial charge is 0.271 e. The van der Waals surface area contributed by atoms with Gasteiger partial charge in [-0.05, 0) is 45.9 Å². The number of non-ortho nitro benzene ring substituents is 1. The molecule has 0 aromatic heterocycles. The van der Waals surface area contributed by atoms with Gasteiger partial charge in [-0.1, -0.05) is 35.3 Å². The number of benzene rings is 2. The first-order valence-electron chi connectivity index (χ1n) is 10.8. The van der Waals surface area contributed by atoms with Crippen LogP contribution < -0.4 is 9.62 Å². The molecule has 13 heteroatoms. The number of carbonyl (C=O) groups excluding carboxylic acids is 2. The molecule has 2 aromatic rings. The van der Waals surface area contributed by atoms with E-state index in [0.717, 1.165) is 16.6 Å². The van der Waals surface area contributed by atoms with E-state index in [1.54, 1.807) is 39.0 Å². The minimum atomic E-state index is -4.04. The van der Waals surface area contributed by atoms with Crippen LogP contribution in [0.2, 0.25) is 10.0 Å². The van der Waals surface area contributed by atoms with E-state index < -0.39 is 44.9 Å². The number of anilines is 1. The Morgan fingerprint density at radius 3 is 2.17 bits per heavy atom. The van der Waals surface area contributed by atoms with Gasteiger partial charge in [0.05, 0.1) is 16.9 Å². The van der Waals surface area contributed by atoms with Crippen molar-refractivity contribution in [3.8, 4) is 0 Å². The number of hydrogen-bond donors (Lipinski definition) is 1. The van der Waals surface area contributed by atoms with Crippen molar-refractivity contribution in [2.75, 3.05) is 17.1 Å². The van der Waals surface area contributed by atoms with Gasteiger partial charge < -0.3 is 10.2 Å². The summed E-state index contributed by atoms with van der Waals surface area (Å²) in [6.07, 6.45) is 0.879. The Hall–Kier alpha value is -2.89. The molecule has 0 saturated carbocycles. The number of rotatable bonds is 9. The van der Waals surface area contributed by atoms with Crippen molar-refractivity contribution in [2.45, 2.75) is 45.8 Å². The molecule has 0 bridgehead atoms. The molecule has 2 amide bonds. The summed E-state index contributed by atoms with van der Waals surface area (Å²) < 4.78 is 25.9. The van der Waals surface area contributed by atoms with Gasteiger partial charge in [-0.3, -0.25) is 24.0 Å². The molecule has 36 heavy (non-hydrogen) atoms. The van der Waals surface area contributed by atoms with E-state index in [-0.39, 0.29) is 28.0 Å². The number of nitro groups is 1. The predicted molar refractivity (Wildman–Crippen MR) is 140 cm³/mol. The first-order chi connectivity index (χ1) is 16.5. The molecule has 10 nitrogen and oxygen atoms in total. The Balaban J connectivity index is 2.50. The van der Waals surface area contributed by atoms with Crippen molar-refractivity contribution in [1.29, 1.82) is 0 Å². The van der Waals surface area contributed by atoms with Gasteiger partial charge in [-0.25, -0.2) is 8.42 Å². The van der Waals surface area contributed by atoms with E-state index in [2.05, 4.69) is 5.32 Å². The Morgan fingerprint density at radius 1 is 1.11 bits per heavy atom. The van der Waals surface area contributed by atoms with Crippen LogP contribution in [0.5, 0.6) is 0 Å². The topological polar surface area (TPSA) is 130 Å². The third kappa shape index (κ3) is 7.81. The summed E-state index contributed by atoms with van der Waals surface area (Å²) in [5.74, 6) is -1.21. The number of carbonyl (C=O) groups is 2. The maximum absolute atomic E-state index is 13.6. The van der Waals surface area contributed by atoms with Crippen LogP contribution in [-0.4, -0.2) is 54.4 Å². The molecular weight excluding hydrogens is 531 g/mol. The highest BCUT2D eigenvalue weighted by molar-refractivity contribution is 7.92. The molecule has 0 aliphatic rings. The molecule has 0 aliphatic heterocycles. The van der Waals surface area contributed by atoms with Crippen molar-refractivity contribution in [1.82, 2.24) is 10.2 Å².